The number of nitrogens with one attached hydrogen (secondary N) is 1. The van der Waals surface area contributed by atoms with Crippen LogP contribution >= 0.6 is 12.2 Å². The highest BCUT2D eigenvalue weighted by Gasteiger charge is 2.30. The minimum Gasteiger partial charge on any atom is -0.369 e. The van der Waals surface area contributed by atoms with Gasteiger partial charge in [-0.1, -0.05) is 0 Å². The van der Waals surface area contributed by atoms with Gasteiger partial charge in [-0.2, -0.15) is 13.2 Å². The van der Waals surface area contributed by atoms with E-state index in [2.05, 4.69) is 5.32 Å². The van der Waals surface area contributed by atoms with Crippen molar-refractivity contribution in [2.75, 3.05) is 18.4 Å². The third-order valence-corrected chi connectivity index (χ3v) is 4.01. The maximum atomic E-state index is 12.5. The predicted octanol–water partition coefficient (Wildman–Crippen LogP) is 2.60. The highest BCUT2D eigenvalue weighted by atomic mass is 32.1. The lowest BCUT2D eigenvalue weighted by Gasteiger charge is -2.32. The lowest BCUT2D eigenvalue weighted by Crippen LogP contribution is -2.43. The van der Waals surface area contributed by atoms with Crippen LogP contribution in [0, 0.1) is 5.92 Å². The summed E-state index contributed by atoms with van der Waals surface area (Å²) in [5.41, 5.74) is 5.06. The van der Waals surface area contributed by atoms with Crippen LogP contribution in [0.1, 0.15) is 18.4 Å². The average molecular weight is 331 g/mol. The summed E-state index contributed by atoms with van der Waals surface area (Å²) in [5, 5.41) is 3.34. The molecule has 1 amide bonds. The smallest absolute Gasteiger partial charge is 0.369 e. The SMILES string of the molecule is NC(=O)C1CCN(C(=S)Nc2ccc(C(F)(F)F)cc2)CC1. The van der Waals surface area contributed by atoms with Crippen molar-refractivity contribution >= 4 is 28.9 Å². The molecule has 0 radical (unpaired) electrons. The molecule has 0 bridgehead atoms. The fourth-order valence-corrected chi connectivity index (χ4v) is 2.61. The van der Waals surface area contributed by atoms with Gasteiger partial charge in [0.25, 0.3) is 0 Å². The molecule has 1 aliphatic heterocycles. The van der Waals surface area contributed by atoms with Crippen molar-refractivity contribution in [1.82, 2.24) is 4.90 Å². The molecule has 0 saturated carbocycles. The van der Waals surface area contributed by atoms with Gasteiger partial charge in [0, 0.05) is 24.7 Å². The fourth-order valence-electron chi connectivity index (χ4n) is 2.31. The maximum Gasteiger partial charge on any atom is 0.416 e. The Balaban J connectivity index is 1.91. The molecule has 120 valence electrons. The Morgan fingerprint density at radius 2 is 1.77 bits per heavy atom. The Morgan fingerprint density at radius 3 is 2.23 bits per heavy atom. The van der Waals surface area contributed by atoms with E-state index in [0.717, 1.165) is 12.1 Å². The Kier molecular flexibility index (Phi) is 4.90. The predicted molar refractivity (Wildman–Crippen MR) is 81.2 cm³/mol. The summed E-state index contributed by atoms with van der Waals surface area (Å²) in [5.74, 6) is -0.439. The second-order valence-corrected chi connectivity index (χ2v) is 5.56. The number of primary amides is 1. The summed E-state index contributed by atoms with van der Waals surface area (Å²) in [6.45, 7) is 1.19. The van der Waals surface area contributed by atoms with Gasteiger partial charge in [0.15, 0.2) is 5.11 Å². The van der Waals surface area contributed by atoms with E-state index < -0.39 is 11.7 Å². The van der Waals surface area contributed by atoms with Gasteiger partial charge in [0.05, 0.1) is 5.56 Å². The summed E-state index contributed by atoms with van der Waals surface area (Å²) < 4.78 is 37.4. The number of amides is 1. The van der Waals surface area contributed by atoms with Gasteiger partial charge in [-0.05, 0) is 49.3 Å². The minimum atomic E-state index is -4.35. The summed E-state index contributed by atoms with van der Waals surface area (Å²) in [6, 6.07) is 4.69. The van der Waals surface area contributed by atoms with E-state index >= 15 is 0 Å². The number of benzene rings is 1. The van der Waals surface area contributed by atoms with Crippen LogP contribution in [0.5, 0.6) is 0 Å². The van der Waals surface area contributed by atoms with Crippen LogP contribution in [0.25, 0.3) is 0 Å². The first-order chi connectivity index (χ1) is 10.3. The molecule has 1 saturated heterocycles. The van der Waals surface area contributed by atoms with Gasteiger partial charge in [0.2, 0.25) is 5.91 Å². The molecule has 4 nitrogen and oxygen atoms in total. The Hall–Kier alpha value is -1.83. The average Bonchev–Trinajstić information content (AvgIpc) is 2.47. The topological polar surface area (TPSA) is 58.4 Å². The number of carbonyl (C=O) groups is 1. The van der Waals surface area contributed by atoms with E-state index in [1.165, 1.54) is 12.1 Å². The van der Waals surface area contributed by atoms with Crippen LogP contribution in [-0.4, -0.2) is 29.0 Å². The van der Waals surface area contributed by atoms with Crippen LogP contribution in [0.4, 0.5) is 18.9 Å². The molecule has 0 aromatic heterocycles. The molecule has 0 spiro atoms. The van der Waals surface area contributed by atoms with Gasteiger partial charge in [0.1, 0.15) is 0 Å². The molecule has 0 unspecified atom stereocenters. The highest BCUT2D eigenvalue weighted by Crippen LogP contribution is 2.30. The van der Waals surface area contributed by atoms with Gasteiger partial charge in [-0.25, -0.2) is 0 Å². The van der Waals surface area contributed by atoms with Crippen LogP contribution in [0.15, 0.2) is 24.3 Å². The first-order valence-electron chi connectivity index (χ1n) is 6.80. The summed E-state index contributed by atoms with van der Waals surface area (Å²) in [6.07, 6.45) is -3.09. The monoisotopic (exact) mass is 331 g/mol. The number of hydrogen-bond acceptors (Lipinski definition) is 2. The molecule has 2 rings (SSSR count). The second-order valence-electron chi connectivity index (χ2n) is 5.17. The molecule has 1 aromatic carbocycles. The zero-order valence-corrected chi connectivity index (χ0v) is 12.5. The minimum absolute atomic E-state index is 0.134. The van der Waals surface area contributed by atoms with Gasteiger partial charge in [-0.3, -0.25) is 4.79 Å². The molecular formula is C14H16F3N3OS. The zero-order valence-electron chi connectivity index (χ0n) is 11.7. The Morgan fingerprint density at radius 1 is 1.23 bits per heavy atom. The molecule has 1 aliphatic rings. The van der Waals surface area contributed by atoms with E-state index in [1.807, 2.05) is 4.90 Å². The number of carbonyl (C=O) groups excluding carboxylic acids is 1. The van der Waals surface area contributed by atoms with E-state index in [9.17, 15) is 18.0 Å². The summed E-state index contributed by atoms with van der Waals surface area (Å²) in [7, 11) is 0. The first-order valence-corrected chi connectivity index (χ1v) is 7.20. The van der Waals surface area contributed by atoms with Crippen LogP contribution < -0.4 is 11.1 Å². The van der Waals surface area contributed by atoms with Crippen molar-refractivity contribution in [1.29, 1.82) is 0 Å². The third kappa shape index (κ3) is 4.09. The molecule has 3 N–H and O–H groups in total. The number of alkyl halides is 3. The maximum absolute atomic E-state index is 12.5. The molecule has 1 fully saturated rings. The van der Waals surface area contributed by atoms with Gasteiger partial charge < -0.3 is 16.0 Å². The third-order valence-electron chi connectivity index (χ3n) is 3.65. The number of anilines is 1. The standard InChI is InChI=1S/C14H16F3N3OS/c15-14(16,17)10-1-3-11(4-2-10)19-13(22)20-7-5-9(6-8-20)12(18)21/h1-4,9H,5-8H2,(H2,18,21)(H,19,22). The van der Waals surface area contributed by atoms with Crippen molar-refractivity contribution in [3.05, 3.63) is 29.8 Å². The first kappa shape index (κ1) is 16.5. The van der Waals surface area contributed by atoms with E-state index in [1.54, 1.807) is 0 Å². The van der Waals surface area contributed by atoms with Crippen molar-refractivity contribution in [2.45, 2.75) is 19.0 Å². The number of rotatable bonds is 2. The highest BCUT2D eigenvalue weighted by molar-refractivity contribution is 7.80. The molecule has 1 heterocycles. The number of thiocarbonyl (C=S) groups is 1. The Labute approximate surface area is 131 Å². The summed E-state index contributed by atoms with van der Waals surface area (Å²) in [4.78, 5) is 13.0. The number of hydrogen-bond donors (Lipinski definition) is 2. The van der Waals surface area contributed by atoms with Crippen LogP contribution in [0.3, 0.4) is 0 Å². The van der Waals surface area contributed by atoms with Gasteiger partial charge >= 0.3 is 6.18 Å². The van der Waals surface area contributed by atoms with Crippen molar-refractivity contribution in [3.63, 3.8) is 0 Å². The lowest BCUT2D eigenvalue weighted by atomic mass is 9.97. The molecule has 22 heavy (non-hydrogen) atoms. The molecule has 0 aliphatic carbocycles. The number of nitrogens with two attached hydrogens (primary N) is 1. The molecule has 0 atom stereocenters. The van der Waals surface area contributed by atoms with Crippen molar-refractivity contribution in [3.8, 4) is 0 Å². The van der Waals surface area contributed by atoms with E-state index in [-0.39, 0.29) is 11.8 Å². The molecule has 1 aromatic rings. The van der Waals surface area contributed by atoms with E-state index in [4.69, 9.17) is 18.0 Å². The van der Waals surface area contributed by atoms with Crippen LogP contribution in [-0.2, 0) is 11.0 Å². The molecule has 8 heteroatoms. The normalized spacial score (nSPS) is 16.4. The largest absolute Gasteiger partial charge is 0.416 e. The fraction of sp³-hybridized carbons (Fsp3) is 0.429. The number of likely N-dealkylation sites (tertiary alicyclic amines) is 1. The van der Waals surface area contributed by atoms with E-state index in [0.29, 0.717) is 36.7 Å². The Bertz CT molecular complexity index is 551. The summed E-state index contributed by atoms with van der Waals surface area (Å²) >= 11 is 5.24. The number of piperidine rings is 1. The van der Waals surface area contributed by atoms with Gasteiger partial charge in [-0.15, -0.1) is 0 Å². The number of nitrogens with zero attached hydrogens (tertiary/aromatic N) is 1. The second kappa shape index (κ2) is 6.51. The number of halogens is 3. The van der Waals surface area contributed by atoms with Crippen molar-refractivity contribution in [2.24, 2.45) is 11.7 Å². The van der Waals surface area contributed by atoms with Crippen LogP contribution in [0.2, 0.25) is 0 Å². The van der Waals surface area contributed by atoms with Crippen molar-refractivity contribution < 1.29 is 18.0 Å². The lowest BCUT2D eigenvalue weighted by molar-refractivity contribution is -0.137. The zero-order chi connectivity index (χ0) is 16.3. The quantitative estimate of drug-likeness (QED) is 0.818. The molecular weight excluding hydrogens is 315 g/mol.